The van der Waals surface area contributed by atoms with Crippen molar-refractivity contribution in [1.82, 2.24) is 19.5 Å². The molecule has 7 rings (SSSR count). The maximum atomic E-state index is 14.4. The topological polar surface area (TPSA) is 129 Å². The van der Waals surface area contributed by atoms with E-state index in [1.54, 1.807) is 4.90 Å². The summed E-state index contributed by atoms with van der Waals surface area (Å²) in [5.74, 6) is 0.510. The number of piperidine rings is 1. The van der Waals surface area contributed by atoms with Crippen LogP contribution in [0.25, 0.3) is 5.65 Å². The summed E-state index contributed by atoms with van der Waals surface area (Å²) in [5.41, 5.74) is 8.01. The Balaban J connectivity index is 1.34. The fraction of sp³-hybridized carbons (Fsp3) is 0.552. The van der Waals surface area contributed by atoms with Gasteiger partial charge in [0.2, 0.25) is 10.0 Å². The predicted molar refractivity (Wildman–Crippen MR) is 159 cm³/mol. The summed E-state index contributed by atoms with van der Waals surface area (Å²) >= 11 is 0. The SMILES string of the molecule is CCN1CCCS(=O)(=O)Nc2ccc(F)cc2C(=O)N2CCCCC2c2cc3nc(N4CC5(CCC5N)C4)cc1n3n2. The minimum Gasteiger partial charge on any atom is -0.357 e. The number of nitrogens with zero attached hydrogens (tertiary/aromatic N) is 6. The molecule has 2 atom stereocenters. The lowest BCUT2D eigenvalue weighted by molar-refractivity contribution is 0.0558. The van der Waals surface area contributed by atoms with Gasteiger partial charge in [0.1, 0.15) is 17.5 Å². The van der Waals surface area contributed by atoms with E-state index in [1.807, 2.05) is 23.6 Å². The molecule has 1 aliphatic carbocycles. The second-order valence-corrected chi connectivity index (χ2v) is 14.1. The fourth-order valence-electron chi connectivity index (χ4n) is 7.02. The van der Waals surface area contributed by atoms with Crippen molar-refractivity contribution < 1.29 is 17.6 Å². The number of nitrogens with two attached hydrogens (primary N) is 1. The molecule has 1 aromatic carbocycles. The first-order valence-electron chi connectivity index (χ1n) is 14.9. The van der Waals surface area contributed by atoms with Crippen LogP contribution in [0, 0.1) is 11.2 Å². The number of hydrogen-bond donors (Lipinski definition) is 2. The van der Waals surface area contributed by atoms with Gasteiger partial charge in [0.05, 0.1) is 28.7 Å². The Labute approximate surface area is 244 Å². The number of hydrogen-bond acceptors (Lipinski definition) is 8. The third-order valence-corrected chi connectivity index (χ3v) is 11.0. The molecule has 2 saturated heterocycles. The van der Waals surface area contributed by atoms with Crippen LogP contribution in [-0.2, 0) is 10.0 Å². The summed E-state index contributed by atoms with van der Waals surface area (Å²) in [6.07, 6.45) is 4.94. The van der Waals surface area contributed by atoms with Gasteiger partial charge in [-0.15, -0.1) is 0 Å². The number of halogens is 1. The molecular weight excluding hydrogens is 559 g/mol. The van der Waals surface area contributed by atoms with E-state index in [0.717, 1.165) is 62.2 Å². The minimum absolute atomic E-state index is 0.00121. The minimum atomic E-state index is -3.80. The van der Waals surface area contributed by atoms with E-state index in [4.69, 9.17) is 15.8 Å². The van der Waals surface area contributed by atoms with Crippen LogP contribution < -0.4 is 20.3 Å². The lowest BCUT2D eigenvalue weighted by atomic mass is 9.60. The van der Waals surface area contributed by atoms with Gasteiger partial charge in [-0.3, -0.25) is 9.52 Å². The quantitative estimate of drug-likeness (QED) is 0.462. The van der Waals surface area contributed by atoms with Crippen molar-refractivity contribution in [3.63, 3.8) is 0 Å². The van der Waals surface area contributed by atoms with Crippen LogP contribution >= 0.6 is 0 Å². The first kappa shape index (κ1) is 27.4. The molecule has 3 aromatic rings. The van der Waals surface area contributed by atoms with E-state index in [2.05, 4.69) is 14.5 Å². The molecule has 0 radical (unpaired) electrons. The molecule has 1 amide bonds. The number of fused-ring (bicyclic) bond motifs is 4. The van der Waals surface area contributed by atoms with Crippen molar-refractivity contribution in [2.45, 2.75) is 57.5 Å². The maximum Gasteiger partial charge on any atom is 0.256 e. The molecule has 2 aromatic heterocycles. The van der Waals surface area contributed by atoms with Crippen LogP contribution in [0.1, 0.15) is 67.5 Å². The molecule has 1 saturated carbocycles. The zero-order chi connectivity index (χ0) is 29.2. The van der Waals surface area contributed by atoms with Gasteiger partial charge in [-0.2, -0.15) is 9.61 Å². The van der Waals surface area contributed by atoms with Crippen LogP contribution in [0.4, 0.5) is 21.7 Å². The second kappa shape index (κ2) is 10.1. The standard InChI is InChI=1S/C29H37FN8O3S/c1-2-35-11-5-13-42(40,41)34-21-8-7-19(30)14-20(21)28(39)37-12-4-3-6-23(37)22-15-26-32-25(16-27(35)38(26)33-22)36-17-29(18-36)10-9-24(29)31/h7-8,14-16,23-24,34H,2-6,9-13,17-18,31H2,1H3. The lowest BCUT2D eigenvalue weighted by Gasteiger charge is -2.60. The summed E-state index contributed by atoms with van der Waals surface area (Å²) in [5, 5.41) is 5.01. The van der Waals surface area contributed by atoms with Gasteiger partial charge < -0.3 is 20.4 Å². The number of carbonyl (C=O) groups excluding carboxylic acids is 1. The summed E-state index contributed by atoms with van der Waals surface area (Å²) < 4.78 is 45.1. The van der Waals surface area contributed by atoms with Gasteiger partial charge >= 0.3 is 0 Å². The third kappa shape index (κ3) is 4.57. The maximum absolute atomic E-state index is 14.4. The molecule has 42 heavy (non-hydrogen) atoms. The van der Waals surface area contributed by atoms with Crippen LogP contribution in [0.3, 0.4) is 0 Å². The van der Waals surface area contributed by atoms with E-state index >= 15 is 0 Å². The first-order valence-corrected chi connectivity index (χ1v) is 16.6. The van der Waals surface area contributed by atoms with Gasteiger partial charge in [-0.25, -0.2) is 17.8 Å². The zero-order valence-corrected chi connectivity index (χ0v) is 24.6. The number of aromatic nitrogens is 3. The molecule has 5 heterocycles. The molecule has 3 N–H and O–H groups in total. The average molecular weight is 597 g/mol. The number of rotatable bonds is 2. The highest BCUT2D eigenvalue weighted by Crippen LogP contribution is 2.48. The molecule has 3 fully saturated rings. The van der Waals surface area contributed by atoms with Gasteiger partial charge in [-0.1, -0.05) is 0 Å². The summed E-state index contributed by atoms with van der Waals surface area (Å²) in [6.45, 7) is 5.36. The Bertz CT molecular complexity index is 1650. The number of benzene rings is 1. The van der Waals surface area contributed by atoms with E-state index < -0.39 is 21.7 Å². The molecule has 3 aliphatic heterocycles. The van der Waals surface area contributed by atoms with E-state index in [1.165, 1.54) is 12.1 Å². The van der Waals surface area contributed by atoms with E-state index in [9.17, 15) is 17.6 Å². The van der Waals surface area contributed by atoms with Crippen molar-refractivity contribution in [2.24, 2.45) is 11.1 Å². The molecule has 224 valence electrons. The van der Waals surface area contributed by atoms with E-state index in [0.29, 0.717) is 38.1 Å². The predicted octanol–water partition coefficient (Wildman–Crippen LogP) is 3.14. The smallest absolute Gasteiger partial charge is 0.256 e. The Morgan fingerprint density at radius 3 is 2.69 bits per heavy atom. The highest BCUT2D eigenvalue weighted by atomic mass is 32.2. The fourth-order valence-corrected chi connectivity index (χ4v) is 8.14. The monoisotopic (exact) mass is 596 g/mol. The van der Waals surface area contributed by atoms with Crippen molar-refractivity contribution in [3.05, 3.63) is 47.4 Å². The van der Waals surface area contributed by atoms with Gasteiger partial charge in [0.15, 0.2) is 5.65 Å². The third-order valence-electron chi connectivity index (χ3n) is 9.62. The number of anilines is 3. The Morgan fingerprint density at radius 1 is 1.12 bits per heavy atom. The average Bonchev–Trinajstić information content (AvgIpc) is 3.38. The van der Waals surface area contributed by atoms with Crippen molar-refractivity contribution in [2.75, 3.05) is 53.0 Å². The molecule has 1 spiro atoms. The Kier molecular flexibility index (Phi) is 6.57. The first-order chi connectivity index (χ1) is 20.2. The molecule has 13 heteroatoms. The van der Waals surface area contributed by atoms with Crippen LogP contribution in [0.5, 0.6) is 0 Å². The van der Waals surface area contributed by atoms with Gasteiger partial charge in [0, 0.05) is 56.3 Å². The van der Waals surface area contributed by atoms with Gasteiger partial charge in [-0.05, 0) is 63.6 Å². The van der Waals surface area contributed by atoms with Crippen molar-refractivity contribution in [3.8, 4) is 0 Å². The van der Waals surface area contributed by atoms with E-state index in [-0.39, 0.29) is 34.5 Å². The highest BCUT2D eigenvalue weighted by molar-refractivity contribution is 7.92. The van der Waals surface area contributed by atoms with Crippen LogP contribution in [-0.4, -0.2) is 78.3 Å². The second-order valence-electron chi connectivity index (χ2n) is 12.2. The van der Waals surface area contributed by atoms with Gasteiger partial charge in [0.25, 0.3) is 5.91 Å². The summed E-state index contributed by atoms with van der Waals surface area (Å²) in [4.78, 5) is 25.1. The molecule has 2 bridgehead atoms. The number of amides is 1. The number of nitrogens with one attached hydrogen (secondary N) is 1. The summed E-state index contributed by atoms with van der Waals surface area (Å²) in [7, 11) is -3.80. The number of carbonyl (C=O) groups is 1. The normalized spacial score (nSPS) is 25.2. The Morgan fingerprint density at radius 2 is 1.95 bits per heavy atom. The zero-order valence-electron chi connectivity index (χ0n) is 23.8. The molecular formula is C29H37FN8O3S. The molecule has 11 nitrogen and oxygen atoms in total. The van der Waals surface area contributed by atoms with Crippen molar-refractivity contribution in [1.29, 1.82) is 0 Å². The van der Waals surface area contributed by atoms with Crippen molar-refractivity contribution >= 4 is 38.9 Å². The molecule has 2 unspecified atom stereocenters. The highest BCUT2D eigenvalue weighted by Gasteiger charge is 2.53. The summed E-state index contributed by atoms with van der Waals surface area (Å²) in [6, 6.07) is 7.49. The van der Waals surface area contributed by atoms with Crippen LogP contribution in [0.2, 0.25) is 0 Å². The van der Waals surface area contributed by atoms with Crippen LogP contribution in [0.15, 0.2) is 30.3 Å². The Hall–Kier alpha value is -3.45. The lowest BCUT2D eigenvalue weighted by Crippen LogP contribution is -2.69. The molecule has 4 aliphatic rings. The largest absolute Gasteiger partial charge is 0.357 e. The number of sulfonamides is 1.